The summed E-state index contributed by atoms with van der Waals surface area (Å²) in [4.78, 5) is 23.9. The smallest absolute Gasteiger partial charge is 0.341 e. The van der Waals surface area contributed by atoms with Crippen LogP contribution in [0.5, 0.6) is 5.75 Å². The van der Waals surface area contributed by atoms with Crippen LogP contribution in [0.25, 0.3) is 22.6 Å². The highest BCUT2D eigenvalue weighted by Gasteiger charge is 2.34. The van der Waals surface area contributed by atoms with E-state index in [0.717, 1.165) is 22.7 Å². The number of aromatic carboxylic acids is 1. The first-order chi connectivity index (χ1) is 13.7. The number of methoxy groups -OCH3 is 1. The van der Waals surface area contributed by atoms with Gasteiger partial charge in [-0.3, -0.25) is 9.48 Å². The van der Waals surface area contributed by atoms with Gasteiger partial charge in [0.05, 0.1) is 36.8 Å². The number of rotatable bonds is 3. The molecule has 1 aliphatic rings. The van der Waals surface area contributed by atoms with E-state index in [9.17, 15) is 14.7 Å². The maximum atomic E-state index is 12.4. The molecule has 7 heteroatoms. The lowest BCUT2D eigenvalue weighted by Gasteiger charge is -2.38. The van der Waals surface area contributed by atoms with Crippen LogP contribution in [0.4, 0.5) is 0 Å². The molecule has 0 bridgehead atoms. The molecule has 0 unspecified atom stereocenters. The summed E-state index contributed by atoms with van der Waals surface area (Å²) in [5, 5.41) is 14.2. The van der Waals surface area contributed by atoms with E-state index in [4.69, 9.17) is 9.84 Å². The largest absolute Gasteiger partial charge is 0.497 e. The molecule has 2 aromatic heterocycles. The van der Waals surface area contributed by atoms with Gasteiger partial charge in [-0.1, -0.05) is 32.9 Å². The van der Waals surface area contributed by atoms with Crippen LogP contribution in [-0.2, 0) is 6.54 Å². The van der Waals surface area contributed by atoms with E-state index in [1.54, 1.807) is 7.11 Å². The van der Waals surface area contributed by atoms with Crippen molar-refractivity contribution in [2.75, 3.05) is 7.11 Å². The van der Waals surface area contributed by atoms with Crippen molar-refractivity contribution in [2.45, 2.75) is 33.4 Å². The number of pyridine rings is 1. The Kier molecular flexibility index (Phi) is 4.33. The maximum absolute atomic E-state index is 12.4. The lowest BCUT2D eigenvalue weighted by molar-refractivity contribution is 0.0693. The molecule has 0 saturated carbocycles. The summed E-state index contributed by atoms with van der Waals surface area (Å²) in [6.45, 7) is 6.87. The first-order valence-corrected chi connectivity index (χ1v) is 9.41. The summed E-state index contributed by atoms with van der Waals surface area (Å²) in [6, 6.07) is 10.9. The first kappa shape index (κ1) is 19.0. The van der Waals surface area contributed by atoms with E-state index in [1.165, 1.54) is 12.3 Å². The Morgan fingerprint density at radius 1 is 1.21 bits per heavy atom. The maximum Gasteiger partial charge on any atom is 0.341 e. The number of hydrogen-bond acceptors (Lipinski definition) is 4. The van der Waals surface area contributed by atoms with Crippen LogP contribution < -0.4 is 10.2 Å². The molecule has 29 heavy (non-hydrogen) atoms. The van der Waals surface area contributed by atoms with Crippen LogP contribution in [0, 0.1) is 5.41 Å². The summed E-state index contributed by atoms with van der Waals surface area (Å²) in [6.07, 6.45) is 1.47. The van der Waals surface area contributed by atoms with Crippen molar-refractivity contribution >= 4 is 5.97 Å². The van der Waals surface area contributed by atoms with E-state index in [1.807, 2.05) is 39.6 Å². The van der Waals surface area contributed by atoms with Gasteiger partial charge in [-0.15, -0.1) is 0 Å². The zero-order valence-corrected chi connectivity index (χ0v) is 16.8. The van der Waals surface area contributed by atoms with E-state index >= 15 is 0 Å². The van der Waals surface area contributed by atoms with Crippen LogP contribution in [0.1, 0.15) is 37.2 Å². The number of ether oxygens (including phenoxy) is 1. The number of nitrogens with zero attached hydrogens (tertiary/aromatic N) is 3. The zero-order valence-electron chi connectivity index (χ0n) is 16.8. The number of benzene rings is 1. The second-order valence-electron chi connectivity index (χ2n) is 8.36. The molecule has 0 amide bonds. The SMILES string of the molecule is COc1cccc(-c2cc3n(n2)C[C@@H](C(C)(C)C)n2cc(C(=O)O)c(=O)cc2-3)c1. The fourth-order valence-corrected chi connectivity index (χ4v) is 3.80. The van der Waals surface area contributed by atoms with Crippen LogP contribution in [0.2, 0.25) is 0 Å². The van der Waals surface area contributed by atoms with Crippen molar-refractivity contribution in [3.63, 3.8) is 0 Å². The van der Waals surface area contributed by atoms with Gasteiger partial charge in [0.15, 0.2) is 5.43 Å². The van der Waals surface area contributed by atoms with Gasteiger partial charge in [0.1, 0.15) is 11.3 Å². The van der Waals surface area contributed by atoms with Gasteiger partial charge in [-0.25, -0.2) is 4.79 Å². The predicted molar refractivity (Wildman–Crippen MR) is 109 cm³/mol. The third-order valence-corrected chi connectivity index (χ3v) is 5.40. The van der Waals surface area contributed by atoms with E-state index < -0.39 is 11.4 Å². The molecule has 1 aliphatic heterocycles. The lowest BCUT2D eigenvalue weighted by atomic mass is 9.85. The molecule has 7 nitrogen and oxygen atoms in total. The quantitative estimate of drug-likeness (QED) is 0.733. The van der Waals surface area contributed by atoms with Gasteiger partial charge in [0.25, 0.3) is 0 Å². The fourth-order valence-electron chi connectivity index (χ4n) is 3.80. The molecular weight excluding hydrogens is 370 g/mol. The highest BCUT2D eigenvalue weighted by molar-refractivity contribution is 5.87. The number of hydrogen-bond donors (Lipinski definition) is 1. The average Bonchev–Trinajstić information content (AvgIpc) is 3.10. The molecule has 1 aromatic carbocycles. The number of carboxylic acids is 1. The summed E-state index contributed by atoms with van der Waals surface area (Å²) < 4.78 is 9.13. The molecule has 3 aromatic rings. The molecule has 4 rings (SSSR count). The van der Waals surface area contributed by atoms with Crippen molar-refractivity contribution in [1.29, 1.82) is 0 Å². The molecule has 0 saturated heterocycles. The van der Waals surface area contributed by atoms with Crippen molar-refractivity contribution in [3.05, 3.63) is 58.4 Å². The summed E-state index contributed by atoms with van der Waals surface area (Å²) in [7, 11) is 1.62. The van der Waals surface area contributed by atoms with E-state index in [2.05, 4.69) is 20.8 Å². The minimum absolute atomic E-state index is 0.0539. The molecule has 150 valence electrons. The van der Waals surface area contributed by atoms with Crippen LogP contribution in [0.15, 0.2) is 47.4 Å². The minimum atomic E-state index is -1.21. The van der Waals surface area contributed by atoms with Gasteiger partial charge >= 0.3 is 5.97 Å². The van der Waals surface area contributed by atoms with Gasteiger partial charge in [0.2, 0.25) is 0 Å². The molecule has 0 spiro atoms. The van der Waals surface area contributed by atoms with Crippen LogP contribution >= 0.6 is 0 Å². The average molecular weight is 393 g/mol. The first-order valence-electron chi connectivity index (χ1n) is 9.41. The van der Waals surface area contributed by atoms with Crippen molar-refractivity contribution < 1.29 is 14.6 Å². The summed E-state index contributed by atoms with van der Waals surface area (Å²) >= 11 is 0. The normalized spacial score (nSPS) is 15.5. The topological polar surface area (TPSA) is 86.3 Å². The zero-order chi connectivity index (χ0) is 20.9. The predicted octanol–water partition coefficient (Wildman–Crippen LogP) is 3.69. The fraction of sp³-hybridized carbons (Fsp3) is 0.318. The summed E-state index contributed by atoms with van der Waals surface area (Å²) in [5.74, 6) is -0.474. The Morgan fingerprint density at radius 2 is 1.97 bits per heavy atom. The number of fused-ring (bicyclic) bond motifs is 3. The Bertz CT molecular complexity index is 1170. The number of carboxylic acid groups (broad SMARTS) is 1. The summed E-state index contributed by atoms with van der Waals surface area (Å²) in [5.41, 5.74) is 2.26. The highest BCUT2D eigenvalue weighted by atomic mass is 16.5. The molecule has 0 fully saturated rings. The van der Waals surface area contributed by atoms with Crippen molar-refractivity contribution in [3.8, 4) is 28.4 Å². The van der Waals surface area contributed by atoms with Gasteiger partial charge < -0.3 is 14.4 Å². The monoisotopic (exact) mass is 393 g/mol. The number of aromatic nitrogens is 3. The Morgan fingerprint density at radius 3 is 2.62 bits per heavy atom. The second kappa shape index (κ2) is 6.62. The molecule has 0 aliphatic carbocycles. The lowest BCUT2D eigenvalue weighted by Crippen LogP contribution is -2.35. The van der Waals surface area contributed by atoms with Gasteiger partial charge in [-0.05, 0) is 23.6 Å². The number of carbonyl (C=O) groups is 1. The van der Waals surface area contributed by atoms with Crippen molar-refractivity contribution in [2.24, 2.45) is 5.41 Å². The molecule has 3 heterocycles. The Balaban J connectivity index is 1.92. The highest BCUT2D eigenvalue weighted by Crippen LogP contribution is 2.40. The molecule has 1 atom stereocenters. The molecule has 1 N–H and O–H groups in total. The Hall–Kier alpha value is -3.35. The van der Waals surface area contributed by atoms with Crippen molar-refractivity contribution in [1.82, 2.24) is 14.3 Å². The third kappa shape index (κ3) is 3.22. The second-order valence-corrected chi connectivity index (χ2v) is 8.36. The van der Waals surface area contributed by atoms with E-state index in [0.29, 0.717) is 12.2 Å². The minimum Gasteiger partial charge on any atom is -0.497 e. The standard InChI is InChI=1S/C22H23N3O4/c1-22(2,3)20-12-25-18(17-10-19(26)15(21(27)28)11-24(17)20)9-16(23-25)13-6-5-7-14(8-13)29-4/h5-11,20H,12H2,1-4H3,(H,27,28)/t20-/m0/s1. The van der Waals surface area contributed by atoms with Crippen LogP contribution in [-0.4, -0.2) is 32.5 Å². The Labute approximate surface area is 168 Å². The third-order valence-electron chi connectivity index (χ3n) is 5.40. The van der Waals surface area contributed by atoms with E-state index in [-0.39, 0.29) is 17.0 Å². The molecular formula is C22H23N3O4. The van der Waals surface area contributed by atoms with Gasteiger partial charge in [-0.2, -0.15) is 5.10 Å². The van der Waals surface area contributed by atoms with Crippen LogP contribution in [0.3, 0.4) is 0 Å². The van der Waals surface area contributed by atoms with Gasteiger partial charge in [0, 0.05) is 17.8 Å². The molecule has 0 radical (unpaired) electrons.